The summed E-state index contributed by atoms with van der Waals surface area (Å²) in [6.07, 6.45) is 3.36. The van der Waals surface area contributed by atoms with Crippen LogP contribution in [0.5, 0.6) is 0 Å². The van der Waals surface area contributed by atoms with Gasteiger partial charge in [-0.1, -0.05) is 12.8 Å². The van der Waals surface area contributed by atoms with Crippen LogP contribution in [0.4, 0.5) is 14.5 Å². The van der Waals surface area contributed by atoms with Crippen LogP contribution in [0.25, 0.3) is 0 Å². The number of anilines is 1. The molecule has 7 heteroatoms. The summed E-state index contributed by atoms with van der Waals surface area (Å²) in [6, 6.07) is 1.57. The van der Waals surface area contributed by atoms with E-state index in [1.807, 2.05) is 0 Å². The summed E-state index contributed by atoms with van der Waals surface area (Å²) in [5, 5.41) is 0. The first kappa shape index (κ1) is 14.2. The molecule has 4 nitrogen and oxygen atoms in total. The molecule has 0 amide bonds. The van der Waals surface area contributed by atoms with Crippen molar-refractivity contribution in [3.8, 4) is 0 Å². The maximum atomic E-state index is 13.7. The first-order valence-electron chi connectivity index (χ1n) is 6.06. The molecule has 0 bridgehead atoms. The van der Waals surface area contributed by atoms with Crippen molar-refractivity contribution in [2.45, 2.75) is 36.6 Å². The molecule has 19 heavy (non-hydrogen) atoms. The number of sulfonamides is 1. The molecule has 106 valence electrons. The maximum Gasteiger partial charge on any atom is 0.246 e. The molecule has 0 heterocycles. The molecular formula is C12H16F2N2O2S. The fraction of sp³-hybridized carbons (Fsp3) is 0.500. The highest BCUT2D eigenvalue weighted by Crippen LogP contribution is 2.29. The molecule has 0 saturated heterocycles. The molecule has 0 unspecified atom stereocenters. The quantitative estimate of drug-likeness (QED) is 0.867. The lowest BCUT2D eigenvalue weighted by atomic mass is 10.3. The Labute approximate surface area is 111 Å². The zero-order valence-corrected chi connectivity index (χ0v) is 11.4. The predicted octanol–water partition coefficient (Wildman–Crippen LogP) is 2.11. The van der Waals surface area contributed by atoms with Gasteiger partial charge in [-0.15, -0.1) is 0 Å². The van der Waals surface area contributed by atoms with Crippen LogP contribution in [0, 0.1) is 11.6 Å². The van der Waals surface area contributed by atoms with Crippen molar-refractivity contribution in [3.05, 3.63) is 23.8 Å². The standard InChI is InChI=1S/C12H16F2N2O2S/c1-16(9-4-2-3-5-9)19(17,18)11-7-8(15)6-10(13)12(11)14/h6-7,9H,2-5,15H2,1H3. The highest BCUT2D eigenvalue weighted by Gasteiger charge is 2.33. The van der Waals surface area contributed by atoms with Gasteiger partial charge >= 0.3 is 0 Å². The third-order valence-electron chi connectivity index (χ3n) is 3.51. The van der Waals surface area contributed by atoms with Crippen LogP contribution >= 0.6 is 0 Å². The van der Waals surface area contributed by atoms with Gasteiger partial charge in [-0.3, -0.25) is 0 Å². The van der Waals surface area contributed by atoms with Gasteiger partial charge < -0.3 is 5.73 Å². The summed E-state index contributed by atoms with van der Waals surface area (Å²) in [5.74, 6) is -2.63. The largest absolute Gasteiger partial charge is 0.399 e. The zero-order chi connectivity index (χ0) is 14.2. The molecule has 0 aromatic heterocycles. The number of hydrogen-bond acceptors (Lipinski definition) is 3. The van der Waals surface area contributed by atoms with Crippen LogP contribution in [-0.4, -0.2) is 25.8 Å². The molecule has 0 atom stereocenters. The van der Waals surface area contributed by atoms with E-state index < -0.39 is 26.6 Å². The first-order chi connectivity index (χ1) is 8.84. The lowest BCUT2D eigenvalue weighted by Gasteiger charge is -2.24. The third kappa shape index (κ3) is 2.57. The van der Waals surface area contributed by atoms with Gasteiger partial charge in [-0.05, 0) is 25.0 Å². The number of halogens is 2. The van der Waals surface area contributed by atoms with Gasteiger partial charge in [-0.2, -0.15) is 4.31 Å². The SMILES string of the molecule is CN(C1CCCC1)S(=O)(=O)c1cc(N)cc(F)c1F. The van der Waals surface area contributed by atoms with Crippen molar-refractivity contribution in [2.75, 3.05) is 12.8 Å². The molecule has 0 spiro atoms. The number of nitrogens with zero attached hydrogens (tertiary/aromatic N) is 1. The maximum absolute atomic E-state index is 13.7. The Kier molecular flexibility index (Phi) is 3.78. The minimum absolute atomic E-state index is 0.114. The summed E-state index contributed by atoms with van der Waals surface area (Å²) >= 11 is 0. The summed E-state index contributed by atoms with van der Waals surface area (Å²) in [7, 11) is -2.67. The topological polar surface area (TPSA) is 63.4 Å². The van der Waals surface area contributed by atoms with E-state index in [2.05, 4.69) is 0 Å². The number of benzene rings is 1. The van der Waals surface area contributed by atoms with Gasteiger partial charge in [0.05, 0.1) is 0 Å². The molecule has 1 aromatic carbocycles. The Morgan fingerprint density at radius 1 is 1.26 bits per heavy atom. The van der Waals surface area contributed by atoms with Crippen LogP contribution in [0.3, 0.4) is 0 Å². The lowest BCUT2D eigenvalue weighted by molar-refractivity contribution is 0.369. The monoisotopic (exact) mass is 290 g/mol. The van der Waals surface area contributed by atoms with E-state index in [0.717, 1.165) is 42.1 Å². The summed E-state index contributed by atoms with van der Waals surface area (Å²) in [6.45, 7) is 0. The average molecular weight is 290 g/mol. The van der Waals surface area contributed by atoms with Gasteiger partial charge in [0.1, 0.15) is 4.90 Å². The van der Waals surface area contributed by atoms with E-state index in [1.54, 1.807) is 0 Å². The van der Waals surface area contributed by atoms with Crippen molar-refractivity contribution < 1.29 is 17.2 Å². The van der Waals surface area contributed by atoms with Crippen LogP contribution in [0.1, 0.15) is 25.7 Å². The fourth-order valence-corrected chi connectivity index (χ4v) is 3.91. The van der Waals surface area contributed by atoms with E-state index in [-0.39, 0.29) is 11.7 Å². The molecule has 0 radical (unpaired) electrons. The molecule has 1 saturated carbocycles. The second-order valence-corrected chi connectivity index (χ2v) is 6.74. The highest BCUT2D eigenvalue weighted by molar-refractivity contribution is 7.89. The lowest BCUT2D eigenvalue weighted by Crippen LogP contribution is -2.35. The Balaban J connectivity index is 2.44. The van der Waals surface area contributed by atoms with Gasteiger partial charge in [0.25, 0.3) is 0 Å². The minimum Gasteiger partial charge on any atom is -0.399 e. The summed E-state index contributed by atoms with van der Waals surface area (Å²) < 4.78 is 52.7. The highest BCUT2D eigenvalue weighted by atomic mass is 32.2. The van der Waals surface area contributed by atoms with Crippen molar-refractivity contribution in [1.29, 1.82) is 0 Å². The molecule has 1 aliphatic rings. The number of nitrogen functional groups attached to an aromatic ring is 1. The van der Waals surface area contributed by atoms with E-state index in [9.17, 15) is 17.2 Å². The molecule has 2 N–H and O–H groups in total. The molecule has 0 aliphatic heterocycles. The number of nitrogens with two attached hydrogens (primary N) is 1. The number of hydrogen-bond donors (Lipinski definition) is 1. The van der Waals surface area contributed by atoms with Crippen LogP contribution in [0.15, 0.2) is 17.0 Å². The summed E-state index contributed by atoms with van der Waals surface area (Å²) in [5.41, 5.74) is 5.28. The smallest absolute Gasteiger partial charge is 0.246 e. The molecule has 2 rings (SSSR count). The van der Waals surface area contributed by atoms with Crippen LogP contribution in [-0.2, 0) is 10.0 Å². The molecule has 1 fully saturated rings. The van der Waals surface area contributed by atoms with Gasteiger partial charge in [-0.25, -0.2) is 17.2 Å². The second-order valence-electron chi connectivity index (χ2n) is 4.77. The molecular weight excluding hydrogens is 274 g/mol. The third-order valence-corrected chi connectivity index (χ3v) is 5.42. The Hall–Kier alpha value is -1.21. The van der Waals surface area contributed by atoms with E-state index in [1.165, 1.54) is 7.05 Å². The van der Waals surface area contributed by atoms with E-state index in [0.29, 0.717) is 0 Å². The normalized spacial score (nSPS) is 17.3. The minimum atomic E-state index is -4.06. The summed E-state index contributed by atoms with van der Waals surface area (Å²) in [4.78, 5) is -0.695. The molecule has 1 aromatic rings. The van der Waals surface area contributed by atoms with Gasteiger partial charge in [0.15, 0.2) is 11.6 Å². The zero-order valence-electron chi connectivity index (χ0n) is 10.6. The van der Waals surface area contributed by atoms with E-state index >= 15 is 0 Å². The van der Waals surface area contributed by atoms with Crippen molar-refractivity contribution >= 4 is 15.7 Å². The first-order valence-corrected chi connectivity index (χ1v) is 7.50. The Morgan fingerprint density at radius 2 is 1.84 bits per heavy atom. The second kappa shape index (κ2) is 5.05. The fourth-order valence-electron chi connectivity index (χ4n) is 2.39. The van der Waals surface area contributed by atoms with E-state index in [4.69, 9.17) is 5.73 Å². The number of rotatable bonds is 3. The van der Waals surface area contributed by atoms with Crippen molar-refractivity contribution in [2.24, 2.45) is 0 Å². The van der Waals surface area contributed by atoms with Gasteiger partial charge in [0.2, 0.25) is 10.0 Å². The van der Waals surface area contributed by atoms with Crippen LogP contribution < -0.4 is 5.73 Å². The Bertz CT molecular complexity index is 584. The predicted molar refractivity (Wildman–Crippen MR) is 68.0 cm³/mol. The Morgan fingerprint density at radius 3 is 2.42 bits per heavy atom. The average Bonchev–Trinajstić information content (AvgIpc) is 2.86. The van der Waals surface area contributed by atoms with Crippen molar-refractivity contribution in [1.82, 2.24) is 4.31 Å². The van der Waals surface area contributed by atoms with Gasteiger partial charge in [0, 0.05) is 18.8 Å². The van der Waals surface area contributed by atoms with Crippen molar-refractivity contribution in [3.63, 3.8) is 0 Å². The van der Waals surface area contributed by atoms with Crippen LogP contribution in [0.2, 0.25) is 0 Å². The molecule has 1 aliphatic carbocycles.